The van der Waals surface area contributed by atoms with Crippen LogP contribution in [0.5, 0.6) is 0 Å². The second-order valence-corrected chi connectivity index (χ2v) is 3.98. The van der Waals surface area contributed by atoms with E-state index in [2.05, 4.69) is 9.97 Å². The first kappa shape index (κ1) is 10.7. The number of hydrogen-bond acceptors (Lipinski definition) is 5. The Kier molecular flexibility index (Phi) is 2.90. The minimum atomic E-state index is -0.764. The van der Waals surface area contributed by atoms with Crippen molar-refractivity contribution in [2.24, 2.45) is 0 Å². The molecule has 0 radical (unpaired) electrons. The van der Waals surface area contributed by atoms with Gasteiger partial charge in [0.15, 0.2) is 0 Å². The Morgan fingerprint density at radius 2 is 1.93 bits per heavy atom. The minimum Gasteiger partial charge on any atom is -0.396 e. The van der Waals surface area contributed by atoms with Crippen molar-refractivity contribution in [3.05, 3.63) is 12.4 Å². The van der Waals surface area contributed by atoms with Gasteiger partial charge in [0.25, 0.3) is 0 Å². The zero-order chi connectivity index (χ0) is 10.8. The predicted octanol–water partition coefficient (Wildman–Crippen LogP) is 0.266. The first-order valence-electron chi connectivity index (χ1n) is 4.39. The second-order valence-electron chi connectivity index (χ2n) is 3.98. The van der Waals surface area contributed by atoms with Crippen LogP contribution in [0.4, 0.5) is 11.6 Å². The molecule has 78 valence electrons. The third-order valence-corrected chi connectivity index (χ3v) is 1.62. The fourth-order valence-corrected chi connectivity index (χ4v) is 1.18. The van der Waals surface area contributed by atoms with Gasteiger partial charge in [0, 0.05) is 13.6 Å². The van der Waals surface area contributed by atoms with Crippen LogP contribution in [-0.2, 0) is 0 Å². The number of aromatic nitrogens is 2. The number of rotatable bonds is 3. The summed E-state index contributed by atoms with van der Waals surface area (Å²) in [4.78, 5) is 9.86. The quantitative estimate of drug-likeness (QED) is 0.725. The van der Waals surface area contributed by atoms with Gasteiger partial charge >= 0.3 is 0 Å². The molecule has 3 N–H and O–H groups in total. The van der Waals surface area contributed by atoms with E-state index in [9.17, 15) is 5.11 Å². The van der Waals surface area contributed by atoms with Gasteiger partial charge in [-0.25, -0.2) is 9.97 Å². The van der Waals surface area contributed by atoms with E-state index in [4.69, 9.17) is 5.73 Å². The summed E-state index contributed by atoms with van der Waals surface area (Å²) >= 11 is 0. The zero-order valence-corrected chi connectivity index (χ0v) is 8.73. The summed E-state index contributed by atoms with van der Waals surface area (Å²) in [6.45, 7) is 3.94. The summed E-state index contributed by atoms with van der Waals surface area (Å²) in [6.07, 6.45) is 3.09. The van der Waals surface area contributed by atoms with Gasteiger partial charge in [0.1, 0.15) is 0 Å². The van der Waals surface area contributed by atoms with Crippen LogP contribution in [-0.4, -0.2) is 34.3 Å². The van der Waals surface area contributed by atoms with Gasteiger partial charge in [-0.2, -0.15) is 0 Å². The van der Waals surface area contributed by atoms with E-state index in [1.165, 1.54) is 0 Å². The second kappa shape index (κ2) is 3.79. The van der Waals surface area contributed by atoms with E-state index in [0.717, 1.165) is 0 Å². The highest BCUT2D eigenvalue weighted by Crippen LogP contribution is 2.10. The number of aliphatic hydroxyl groups is 1. The molecular weight excluding hydrogens is 180 g/mol. The molecule has 0 unspecified atom stereocenters. The first-order valence-corrected chi connectivity index (χ1v) is 4.39. The topological polar surface area (TPSA) is 75.3 Å². The van der Waals surface area contributed by atoms with Gasteiger partial charge in [0.05, 0.1) is 23.7 Å². The smallest absolute Gasteiger partial charge is 0.225 e. The molecule has 1 aromatic heterocycles. The number of nitrogens with two attached hydrogens (primary N) is 1. The third kappa shape index (κ3) is 3.18. The van der Waals surface area contributed by atoms with Crippen molar-refractivity contribution in [3.8, 4) is 0 Å². The molecule has 1 heterocycles. The maximum Gasteiger partial charge on any atom is 0.225 e. The van der Waals surface area contributed by atoms with Crippen LogP contribution >= 0.6 is 0 Å². The van der Waals surface area contributed by atoms with Crippen molar-refractivity contribution < 1.29 is 5.11 Å². The molecule has 0 atom stereocenters. The molecule has 0 fully saturated rings. The molecule has 1 rings (SSSR count). The molecule has 0 bridgehead atoms. The Morgan fingerprint density at radius 1 is 1.43 bits per heavy atom. The van der Waals surface area contributed by atoms with Gasteiger partial charge < -0.3 is 15.7 Å². The Hall–Kier alpha value is -1.36. The number of nitrogen functional groups attached to an aromatic ring is 1. The minimum absolute atomic E-state index is 0.469. The number of likely N-dealkylation sites (N-methyl/N-ethyl adjacent to an activating group) is 1. The van der Waals surface area contributed by atoms with E-state index >= 15 is 0 Å². The van der Waals surface area contributed by atoms with E-state index in [1.54, 1.807) is 31.1 Å². The molecule has 0 spiro atoms. The Morgan fingerprint density at radius 3 is 2.36 bits per heavy atom. The lowest BCUT2D eigenvalue weighted by Crippen LogP contribution is -2.37. The number of anilines is 2. The van der Waals surface area contributed by atoms with Crippen LogP contribution in [0.2, 0.25) is 0 Å². The maximum absolute atomic E-state index is 9.58. The third-order valence-electron chi connectivity index (χ3n) is 1.62. The largest absolute Gasteiger partial charge is 0.396 e. The monoisotopic (exact) mass is 196 g/mol. The maximum atomic E-state index is 9.58. The summed E-state index contributed by atoms with van der Waals surface area (Å²) in [6, 6.07) is 0. The molecule has 14 heavy (non-hydrogen) atoms. The average molecular weight is 196 g/mol. The lowest BCUT2D eigenvalue weighted by atomic mass is 10.1. The normalized spacial score (nSPS) is 11.4. The van der Waals surface area contributed by atoms with Crippen molar-refractivity contribution in [1.29, 1.82) is 0 Å². The van der Waals surface area contributed by atoms with Gasteiger partial charge in [0.2, 0.25) is 5.95 Å². The van der Waals surface area contributed by atoms with E-state index in [-0.39, 0.29) is 0 Å². The molecule has 0 aromatic carbocycles. The molecule has 1 aromatic rings. The molecule has 0 aliphatic carbocycles. The standard InChI is InChI=1S/C9H16N4O/c1-9(2,14)6-13(3)8-11-4-7(10)5-12-8/h4-5,14H,6,10H2,1-3H3. The highest BCUT2D eigenvalue weighted by atomic mass is 16.3. The van der Waals surface area contributed by atoms with E-state index < -0.39 is 5.60 Å². The fraction of sp³-hybridized carbons (Fsp3) is 0.556. The van der Waals surface area contributed by atoms with Crippen LogP contribution < -0.4 is 10.6 Å². The van der Waals surface area contributed by atoms with Gasteiger partial charge in [-0.05, 0) is 13.8 Å². The van der Waals surface area contributed by atoms with Crippen molar-refractivity contribution in [2.75, 3.05) is 24.2 Å². The summed E-state index contributed by atoms with van der Waals surface area (Å²) in [5, 5.41) is 9.58. The molecule has 0 saturated heterocycles. The Labute approximate surface area is 83.6 Å². The number of hydrogen-bond donors (Lipinski definition) is 2. The van der Waals surface area contributed by atoms with Crippen LogP contribution in [0.1, 0.15) is 13.8 Å². The van der Waals surface area contributed by atoms with Gasteiger partial charge in [-0.15, -0.1) is 0 Å². The number of nitrogens with zero attached hydrogens (tertiary/aromatic N) is 3. The Bertz CT molecular complexity index is 291. The first-order chi connectivity index (χ1) is 6.38. The highest BCUT2D eigenvalue weighted by Gasteiger charge is 2.16. The van der Waals surface area contributed by atoms with Crippen LogP contribution in [0.15, 0.2) is 12.4 Å². The van der Waals surface area contributed by atoms with E-state index in [1.807, 2.05) is 7.05 Å². The zero-order valence-electron chi connectivity index (χ0n) is 8.73. The molecule has 0 aliphatic rings. The lowest BCUT2D eigenvalue weighted by molar-refractivity contribution is 0.0883. The summed E-state index contributed by atoms with van der Waals surface area (Å²) in [5.74, 6) is 0.557. The van der Waals surface area contributed by atoms with E-state index in [0.29, 0.717) is 18.2 Å². The average Bonchev–Trinajstić information content (AvgIpc) is 2.02. The predicted molar refractivity (Wildman–Crippen MR) is 56.0 cm³/mol. The molecule has 0 amide bonds. The fourth-order valence-electron chi connectivity index (χ4n) is 1.18. The summed E-state index contributed by atoms with van der Waals surface area (Å²) < 4.78 is 0. The molecule has 0 aliphatic heterocycles. The molecule has 5 heteroatoms. The molecule has 0 saturated carbocycles. The van der Waals surface area contributed by atoms with Crippen LogP contribution in [0.25, 0.3) is 0 Å². The SMILES string of the molecule is CN(CC(C)(C)O)c1ncc(N)cn1. The van der Waals surface area contributed by atoms with Crippen LogP contribution in [0.3, 0.4) is 0 Å². The van der Waals surface area contributed by atoms with Crippen LogP contribution in [0, 0.1) is 0 Å². The van der Waals surface area contributed by atoms with Crippen molar-refractivity contribution in [3.63, 3.8) is 0 Å². The Balaban J connectivity index is 2.70. The van der Waals surface area contributed by atoms with Crippen molar-refractivity contribution >= 4 is 11.6 Å². The van der Waals surface area contributed by atoms with Crippen molar-refractivity contribution in [1.82, 2.24) is 9.97 Å². The molecule has 5 nitrogen and oxygen atoms in total. The lowest BCUT2D eigenvalue weighted by Gasteiger charge is -2.25. The van der Waals surface area contributed by atoms with Gasteiger partial charge in [-0.1, -0.05) is 0 Å². The highest BCUT2D eigenvalue weighted by molar-refractivity contribution is 5.37. The summed E-state index contributed by atoms with van der Waals surface area (Å²) in [7, 11) is 1.82. The van der Waals surface area contributed by atoms with Crippen molar-refractivity contribution in [2.45, 2.75) is 19.4 Å². The van der Waals surface area contributed by atoms with Gasteiger partial charge in [-0.3, -0.25) is 0 Å². The molecular formula is C9H16N4O. The summed E-state index contributed by atoms with van der Waals surface area (Å²) in [5.41, 5.74) is 5.23.